The number of rotatable bonds is 6. The lowest BCUT2D eigenvalue weighted by Gasteiger charge is -2.24. The van der Waals surface area contributed by atoms with E-state index in [9.17, 15) is 14.7 Å². The zero-order valence-electron chi connectivity index (χ0n) is 18.9. The van der Waals surface area contributed by atoms with Gasteiger partial charge in [-0.1, -0.05) is 42.5 Å². The van der Waals surface area contributed by atoms with Crippen molar-refractivity contribution in [3.05, 3.63) is 88.6 Å². The van der Waals surface area contributed by atoms with Crippen LogP contribution in [0.25, 0.3) is 10.2 Å². The van der Waals surface area contributed by atoms with E-state index in [4.69, 9.17) is 9.15 Å². The van der Waals surface area contributed by atoms with E-state index in [0.29, 0.717) is 27.7 Å². The molecule has 0 saturated carbocycles. The summed E-state index contributed by atoms with van der Waals surface area (Å²) >= 11 is 1.29. The van der Waals surface area contributed by atoms with Crippen LogP contribution in [-0.4, -0.2) is 28.9 Å². The van der Waals surface area contributed by atoms with Crippen molar-refractivity contribution >= 4 is 38.4 Å². The number of hydrogen-bond donors (Lipinski definition) is 1. The van der Waals surface area contributed by atoms with Crippen LogP contribution in [-0.2, 0) is 11.2 Å². The van der Waals surface area contributed by atoms with Crippen LogP contribution in [0.2, 0.25) is 0 Å². The van der Waals surface area contributed by atoms with E-state index in [2.05, 4.69) is 11.9 Å². The van der Waals surface area contributed by atoms with Gasteiger partial charge in [0.15, 0.2) is 16.7 Å². The minimum atomic E-state index is -0.848. The van der Waals surface area contributed by atoms with Gasteiger partial charge < -0.3 is 14.3 Å². The zero-order chi connectivity index (χ0) is 24.0. The van der Waals surface area contributed by atoms with Crippen LogP contribution in [0.15, 0.2) is 70.3 Å². The normalized spacial score (nSPS) is 16.0. The molecule has 1 atom stereocenters. The van der Waals surface area contributed by atoms with Crippen LogP contribution >= 0.6 is 11.3 Å². The highest BCUT2D eigenvalue weighted by Crippen LogP contribution is 2.44. The molecule has 0 spiro atoms. The predicted octanol–water partition coefficient (Wildman–Crippen LogP) is 5.55. The van der Waals surface area contributed by atoms with Gasteiger partial charge in [-0.2, -0.15) is 0 Å². The van der Waals surface area contributed by atoms with E-state index >= 15 is 0 Å². The van der Waals surface area contributed by atoms with Crippen molar-refractivity contribution in [2.45, 2.75) is 26.3 Å². The third kappa shape index (κ3) is 3.56. The molecule has 0 saturated heterocycles. The molecule has 0 bridgehead atoms. The van der Waals surface area contributed by atoms with E-state index in [1.165, 1.54) is 16.2 Å². The van der Waals surface area contributed by atoms with Crippen molar-refractivity contribution in [3.63, 3.8) is 0 Å². The average molecular weight is 475 g/mol. The SMILES string of the molecule is CCc1ccc(C2C(C(=O)c3ccc(C)o3)=C(O)C(=O)N2c2nc3ccc(OC)cc3s2)cc1. The maximum Gasteiger partial charge on any atom is 0.296 e. The van der Waals surface area contributed by atoms with Gasteiger partial charge in [-0.3, -0.25) is 14.5 Å². The number of aryl methyl sites for hydroxylation is 2. The van der Waals surface area contributed by atoms with Crippen LogP contribution in [0.1, 0.15) is 40.4 Å². The molecule has 1 aliphatic rings. The molecule has 1 unspecified atom stereocenters. The van der Waals surface area contributed by atoms with Crippen LogP contribution in [0, 0.1) is 6.92 Å². The number of carbonyl (C=O) groups is 2. The summed E-state index contributed by atoms with van der Waals surface area (Å²) < 4.78 is 11.6. The molecule has 34 heavy (non-hydrogen) atoms. The van der Waals surface area contributed by atoms with E-state index in [-0.39, 0.29) is 11.3 Å². The second kappa shape index (κ2) is 8.46. The number of aliphatic hydroxyl groups excluding tert-OH is 1. The Balaban J connectivity index is 1.66. The van der Waals surface area contributed by atoms with Crippen molar-refractivity contribution in [1.82, 2.24) is 4.98 Å². The van der Waals surface area contributed by atoms with Gasteiger partial charge in [0.25, 0.3) is 5.91 Å². The standard InChI is InChI=1S/C26H22N2O5S/c1-4-15-6-8-16(9-7-15)22-21(23(29)19-12-5-14(2)33-19)24(30)25(31)28(22)26-27-18-11-10-17(32-3)13-20(18)34-26/h5-13,22,30H,4H2,1-3H3. The lowest BCUT2D eigenvalue weighted by atomic mass is 9.94. The van der Waals surface area contributed by atoms with Gasteiger partial charge in [0.05, 0.1) is 28.9 Å². The number of nitrogens with zero attached hydrogens (tertiary/aromatic N) is 2. The number of anilines is 1. The molecule has 7 nitrogen and oxygen atoms in total. The number of fused-ring (bicyclic) bond motifs is 1. The Bertz CT molecular complexity index is 1450. The van der Waals surface area contributed by atoms with Gasteiger partial charge in [0, 0.05) is 0 Å². The van der Waals surface area contributed by atoms with Crippen LogP contribution in [0.5, 0.6) is 5.75 Å². The van der Waals surface area contributed by atoms with Crippen molar-refractivity contribution < 1.29 is 23.8 Å². The Morgan fingerprint density at radius 1 is 1.18 bits per heavy atom. The highest BCUT2D eigenvalue weighted by Gasteiger charge is 2.46. The monoisotopic (exact) mass is 474 g/mol. The molecule has 0 fully saturated rings. The van der Waals surface area contributed by atoms with Gasteiger partial charge in [-0.15, -0.1) is 0 Å². The minimum Gasteiger partial charge on any atom is -0.503 e. The summed E-state index contributed by atoms with van der Waals surface area (Å²) in [5, 5.41) is 11.3. The summed E-state index contributed by atoms with van der Waals surface area (Å²) in [7, 11) is 1.58. The molecular weight excluding hydrogens is 452 g/mol. The quantitative estimate of drug-likeness (QED) is 0.368. The maximum atomic E-state index is 13.4. The number of methoxy groups -OCH3 is 1. The molecule has 8 heteroatoms. The number of thiazole rings is 1. The molecule has 1 aliphatic heterocycles. The summed E-state index contributed by atoms with van der Waals surface area (Å²) in [6.07, 6.45) is 0.853. The van der Waals surface area contributed by atoms with E-state index in [1.54, 1.807) is 32.2 Å². The molecular formula is C26H22N2O5S. The lowest BCUT2D eigenvalue weighted by molar-refractivity contribution is -0.117. The average Bonchev–Trinajstić information content (AvgIpc) is 3.54. The first kappa shape index (κ1) is 21.9. The van der Waals surface area contributed by atoms with Crippen LogP contribution in [0.4, 0.5) is 5.13 Å². The van der Waals surface area contributed by atoms with E-state index in [0.717, 1.165) is 16.7 Å². The zero-order valence-corrected chi connectivity index (χ0v) is 19.7. The minimum absolute atomic E-state index is 0.0274. The molecule has 5 rings (SSSR count). The number of carbonyl (C=O) groups excluding carboxylic acids is 2. The first-order valence-electron chi connectivity index (χ1n) is 10.8. The molecule has 3 heterocycles. The van der Waals surface area contributed by atoms with Gasteiger partial charge >= 0.3 is 0 Å². The topological polar surface area (TPSA) is 92.9 Å². The smallest absolute Gasteiger partial charge is 0.296 e. The van der Waals surface area contributed by atoms with Gasteiger partial charge in [0.1, 0.15) is 11.5 Å². The summed E-state index contributed by atoms with van der Waals surface area (Å²) in [4.78, 5) is 32.8. The van der Waals surface area contributed by atoms with Gasteiger partial charge in [0.2, 0.25) is 5.78 Å². The number of furan rings is 1. The summed E-state index contributed by atoms with van der Waals surface area (Å²) in [5.41, 5.74) is 2.47. The number of ether oxygens (including phenoxy) is 1. The number of aromatic nitrogens is 1. The van der Waals surface area contributed by atoms with Crippen LogP contribution in [0.3, 0.4) is 0 Å². The fraction of sp³-hybridized carbons (Fsp3) is 0.192. The van der Waals surface area contributed by atoms with Crippen molar-refractivity contribution in [2.24, 2.45) is 0 Å². The van der Waals surface area contributed by atoms with Crippen molar-refractivity contribution in [1.29, 1.82) is 0 Å². The number of amides is 1. The number of ketones is 1. The molecule has 1 amide bonds. The molecule has 2 aromatic carbocycles. The Labute approximate surface area is 199 Å². The maximum absolute atomic E-state index is 13.4. The highest BCUT2D eigenvalue weighted by atomic mass is 32.1. The second-order valence-electron chi connectivity index (χ2n) is 8.00. The first-order valence-corrected chi connectivity index (χ1v) is 11.6. The molecule has 172 valence electrons. The Morgan fingerprint density at radius 2 is 1.94 bits per heavy atom. The largest absolute Gasteiger partial charge is 0.503 e. The van der Waals surface area contributed by atoms with E-state index in [1.807, 2.05) is 36.4 Å². The van der Waals surface area contributed by atoms with Crippen molar-refractivity contribution in [2.75, 3.05) is 12.0 Å². The Hall–Kier alpha value is -3.91. The highest BCUT2D eigenvalue weighted by molar-refractivity contribution is 7.22. The first-order chi connectivity index (χ1) is 16.4. The van der Waals surface area contributed by atoms with Crippen molar-refractivity contribution in [3.8, 4) is 5.75 Å². The Kier molecular flexibility index (Phi) is 5.45. The summed E-state index contributed by atoms with van der Waals surface area (Å²) in [5.74, 6) is -0.504. The van der Waals surface area contributed by atoms with Gasteiger partial charge in [-0.05, 0) is 54.8 Å². The third-order valence-corrected chi connectivity index (χ3v) is 6.93. The number of benzene rings is 2. The van der Waals surface area contributed by atoms with Gasteiger partial charge in [-0.25, -0.2) is 4.98 Å². The lowest BCUT2D eigenvalue weighted by Crippen LogP contribution is -2.31. The number of Topliss-reactive ketones (excluding diaryl/α,β-unsaturated/α-hetero) is 1. The third-order valence-electron chi connectivity index (χ3n) is 5.91. The fourth-order valence-electron chi connectivity index (χ4n) is 4.10. The molecule has 4 aromatic rings. The molecule has 2 aromatic heterocycles. The predicted molar refractivity (Wildman–Crippen MR) is 130 cm³/mol. The van der Waals surface area contributed by atoms with Crippen LogP contribution < -0.4 is 9.64 Å². The molecule has 0 aliphatic carbocycles. The number of hydrogen-bond acceptors (Lipinski definition) is 7. The summed E-state index contributed by atoms with van der Waals surface area (Å²) in [6, 6.07) is 15.5. The number of aliphatic hydroxyl groups is 1. The second-order valence-corrected chi connectivity index (χ2v) is 9.01. The summed E-state index contributed by atoms with van der Waals surface area (Å²) in [6.45, 7) is 3.78. The Morgan fingerprint density at radius 3 is 2.59 bits per heavy atom. The molecule has 1 N–H and O–H groups in total. The van der Waals surface area contributed by atoms with E-state index < -0.39 is 23.5 Å². The fourth-order valence-corrected chi connectivity index (χ4v) is 5.12. The molecule has 0 radical (unpaired) electrons.